The van der Waals surface area contributed by atoms with E-state index < -0.39 is 0 Å². The quantitative estimate of drug-likeness (QED) is 0.489. The first-order valence-electron chi connectivity index (χ1n) is 8.13. The van der Waals surface area contributed by atoms with Gasteiger partial charge < -0.3 is 9.73 Å². The van der Waals surface area contributed by atoms with Gasteiger partial charge in [-0.25, -0.2) is 4.98 Å². The molecular weight excluding hydrogens is 364 g/mol. The van der Waals surface area contributed by atoms with Crippen LogP contribution in [0.4, 0.5) is 5.69 Å². The highest BCUT2D eigenvalue weighted by Crippen LogP contribution is 2.31. The summed E-state index contributed by atoms with van der Waals surface area (Å²) in [5.74, 6) is 1.50. The Kier molecular flexibility index (Phi) is 4.69. The number of rotatable bonds is 5. The summed E-state index contributed by atoms with van der Waals surface area (Å²) in [7, 11) is 0. The number of hydrogen-bond acceptors (Lipinski definition) is 5. The standard InChI is InChI=1S/C20H16N2O2S2/c1-13-8-9-17(24-13)20-21-14(12-26-20)11-19(23)22-16-6-3-2-5-15(16)18-7-4-10-25-18/h2-10,12H,11H2,1H3,(H,22,23). The third-order valence-electron chi connectivity index (χ3n) is 3.83. The van der Waals surface area contributed by atoms with Gasteiger partial charge in [-0.3, -0.25) is 4.79 Å². The molecule has 0 aliphatic heterocycles. The summed E-state index contributed by atoms with van der Waals surface area (Å²) in [6, 6.07) is 15.7. The molecule has 1 amide bonds. The number of carbonyl (C=O) groups excluding carboxylic acids is 1. The van der Waals surface area contributed by atoms with Crippen molar-refractivity contribution in [1.82, 2.24) is 4.98 Å². The average Bonchev–Trinajstić information content (AvgIpc) is 3.36. The van der Waals surface area contributed by atoms with Crippen LogP contribution in [0.2, 0.25) is 0 Å². The van der Waals surface area contributed by atoms with Crippen LogP contribution < -0.4 is 5.32 Å². The van der Waals surface area contributed by atoms with E-state index in [-0.39, 0.29) is 12.3 Å². The molecule has 0 radical (unpaired) electrons. The highest BCUT2D eigenvalue weighted by atomic mass is 32.1. The smallest absolute Gasteiger partial charge is 0.230 e. The van der Waals surface area contributed by atoms with E-state index in [1.807, 2.05) is 66.2 Å². The molecule has 0 aliphatic rings. The van der Waals surface area contributed by atoms with Crippen LogP contribution in [0, 0.1) is 6.92 Å². The first kappa shape index (κ1) is 16.8. The van der Waals surface area contributed by atoms with Crippen molar-refractivity contribution in [3.8, 4) is 21.2 Å². The monoisotopic (exact) mass is 380 g/mol. The molecule has 0 bridgehead atoms. The first-order chi connectivity index (χ1) is 12.7. The van der Waals surface area contributed by atoms with Crippen molar-refractivity contribution in [3.05, 3.63) is 70.7 Å². The van der Waals surface area contributed by atoms with Crippen LogP contribution in [0.15, 0.2) is 63.7 Å². The van der Waals surface area contributed by atoms with E-state index in [1.165, 1.54) is 11.3 Å². The number of hydrogen-bond donors (Lipinski definition) is 1. The van der Waals surface area contributed by atoms with Gasteiger partial charge in [-0.05, 0) is 36.6 Å². The molecule has 0 spiro atoms. The van der Waals surface area contributed by atoms with Crippen molar-refractivity contribution in [2.45, 2.75) is 13.3 Å². The Labute approximate surface area is 159 Å². The zero-order valence-electron chi connectivity index (χ0n) is 14.1. The molecule has 3 heterocycles. The summed E-state index contributed by atoms with van der Waals surface area (Å²) in [6.45, 7) is 1.90. The van der Waals surface area contributed by atoms with Gasteiger partial charge in [-0.1, -0.05) is 24.3 Å². The number of aromatic nitrogens is 1. The van der Waals surface area contributed by atoms with Crippen LogP contribution in [0.1, 0.15) is 11.5 Å². The fourth-order valence-electron chi connectivity index (χ4n) is 2.65. The molecule has 0 saturated carbocycles. The lowest BCUT2D eigenvalue weighted by Crippen LogP contribution is -2.15. The summed E-state index contributed by atoms with van der Waals surface area (Å²) in [5.41, 5.74) is 2.59. The van der Waals surface area contributed by atoms with Gasteiger partial charge in [0.05, 0.1) is 12.1 Å². The molecule has 1 aromatic carbocycles. The minimum atomic E-state index is -0.0820. The number of nitrogens with one attached hydrogen (secondary N) is 1. The SMILES string of the molecule is Cc1ccc(-c2nc(CC(=O)Nc3ccccc3-c3cccs3)cs2)o1. The van der Waals surface area contributed by atoms with E-state index in [4.69, 9.17) is 4.42 Å². The number of nitrogens with zero attached hydrogens (tertiary/aromatic N) is 1. The zero-order chi connectivity index (χ0) is 17.9. The van der Waals surface area contributed by atoms with Crippen molar-refractivity contribution in [2.24, 2.45) is 0 Å². The van der Waals surface area contributed by atoms with E-state index in [1.54, 1.807) is 11.3 Å². The number of amides is 1. The molecule has 0 aliphatic carbocycles. The number of anilines is 1. The molecule has 4 aromatic rings. The van der Waals surface area contributed by atoms with Gasteiger partial charge in [0.1, 0.15) is 5.76 Å². The van der Waals surface area contributed by atoms with Gasteiger partial charge in [0.2, 0.25) is 5.91 Å². The van der Waals surface area contributed by atoms with Crippen molar-refractivity contribution >= 4 is 34.3 Å². The molecule has 0 fully saturated rings. The fraction of sp³-hybridized carbons (Fsp3) is 0.100. The third kappa shape index (κ3) is 3.61. The molecule has 0 unspecified atom stereocenters. The van der Waals surface area contributed by atoms with Crippen molar-refractivity contribution in [3.63, 3.8) is 0 Å². The third-order valence-corrected chi connectivity index (χ3v) is 5.64. The lowest BCUT2D eigenvalue weighted by Gasteiger charge is -2.09. The molecule has 0 atom stereocenters. The normalized spacial score (nSPS) is 10.8. The molecule has 4 nitrogen and oxygen atoms in total. The predicted octanol–water partition coefficient (Wildman–Crippen LogP) is 5.62. The van der Waals surface area contributed by atoms with Crippen LogP contribution in [0.3, 0.4) is 0 Å². The van der Waals surface area contributed by atoms with Crippen molar-refractivity contribution in [2.75, 3.05) is 5.32 Å². The first-order valence-corrected chi connectivity index (χ1v) is 9.89. The number of carbonyl (C=O) groups is 1. The van der Waals surface area contributed by atoms with Gasteiger partial charge in [0, 0.05) is 21.5 Å². The number of aryl methyl sites for hydroxylation is 1. The number of para-hydroxylation sites is 1. The molecule has 4 rings (SSSR count). The average molecular weight is 380 g/mol. The number of thiophene rings is 1. The number of furan rings is 1. The largest absolute Gasteiger partial charge is 0.459 e. The van der Waals surface area contributed by atoms with Gasteiger partial charge in [-0.15, -0.1) is 22.7 Å². The maximum atomic E-state index is 12.5. The molecule has 0 saturated heterocycles. The minimum Gasteiger partial charge on any atom is -0.459 e. The van der Waals surface area contributed by atoms with Crippen molar-refractivity contribution < 1.29 is 9.21 Å². The summed E-state index contributed by atoms with van der Waals surface area (Å²) >= 11 is 3.13. The van der Waals surface area contributed by atoms with Crippen LogP contribution in [-0.4, -0.2) is 10.9 Å². The van der Waals surface area contributed by atoms with E-state index >= 15 is 0 Å². The molecule has 26 heavy (non-hydrogen) atoms. The fourth-order valence-corrected chi connectivity index (χ4v) is 4.19. The van der Waals surface area contributed by atoms with Crippen LogP contribution >= 0.6 is 22.7 Å². The Hall–Kier alpha value is -2.70. The molecule has 130 valence electrons. The van der Waals surface area contributed by atoms with Crippen LogP contribution in [0.25, 0.3) is 21.2 Å². The highest BCUT2D eigenvalue weighted by Gasteiger charge is 2.13. The lowest BCUT2D eigenvalue weighted by molar-refractivity contribution is -0.115. The van der Waals surface area contributed by atoms with E-state index in [2.05, 4.69) is 10.3 Å². The minimum absolute atomic E-state index is 0.0820. The molecular formula is C20H16N2O2S2. The van der Waals surface area contributed by atoms with Gasteiger partial charge in [0.25, 0.3) is 0 Å². The van der Waals surface area contributed by atoms with Crippen molar-refractivity contribution in [1.29, 1.82) is 0 Å². The Morgan fingerprint density at radius 1 is 1.12 bits per heavy atom. The number of thiazole rings is 1. The Balaban J connectivity index is 1.48. The summed E-state index contributed by atoms with van der Waals surface area (Å²) < 4.78 is 5.59. The zero-order valence-corrected chi connectivity index (χ0v) is 15.7. The van der Waals surface area contributed by atoms with E-state index in [9.17, 15) is 4.79 Å². The molecule has 6 heteroatoms. The molecule has 1 N–H and O–H groups in total. The Morgan fingerprint density at radius 3 is 2.77 bits per heavy atom. The van der Waals surface area contributed by atoms with E-state index in [0.717, 1.165) is 38.4 Å². The Bertz CT molecular complexity index is 1030. The predicted molar refractivity (Wildman–Crippen MR) is 107 cm³/mol. The highest BCUT2D eigenvalue weighted by molar-refractivity contribution is 7.13. The van der Waals surface area contributed by atoms with Crippen LogP contribution in [-0.2, 0) is 11.2 Å². The Morgan fingerprint density at radius 2 is 2.00 bits per heavy atom. The summed E-state index contributed by atoms with van der Waals surface area (Å²) in [5, 5.41) is 7.73. The second kappa shape index (κ2) is 7.27. The van der Waals surface area contributed by atoms with E-state index in [0.29, 0.717) is 0 Å². The second-order valence-corrected chi connectivity index (χ2v) is 7.61. The maximum Gasteiger partial charge on any atom is 0.230 e. The van der Waals surface area contributed by atoms with Gasteiger partial charge in [-0.2, -0.15) is 0 Å². The van der Waals surface area contributed by atoms with Crippen LogP contribution in [0.5, 0.6) is 0 Å². The topological polar surface area (TPSA) is 55.1 Å². The maximum absolute atomic E-state index is 12.5. The van der Waals surface area contributed by atoms with Gasteiger partial charge in [0.15, 0.2) is 10.8 Å². The summed E-state index contributed by atoms with van der Waals surface area (Å²) in [6.07, 6.45) is 0.231. The number of benzene rings is 1. The molecule has 3 aromatic heterocycles. The second-order valence-electron chi connectivity index (χ2n) is 5.80. The summed E-state index contributed by atoms with van der Waals surface area (Å²) in [4.78, 5) is 18.1. The van der Waals surface area contributed by atoms with Gasteiger partial charge >= 0.3 is 0 Å². The lowest BCUT2D eigenvalue weighted by atomic mass is 10.1.